The Morgan fingerprint density at radius 1 is 0.810 bits per heavy atom. The van der Waals surface area contributed by atoms with Crippen LogP contribution in [0.15, 0.2) is 0 Å². The van der Waals surface area contributed by atoms with Gasteiger partial charge in [0.25, 0.3) is 0 Å². The summed E-state index contributed by atoms with van der Waals surface area (Å²) < 4.78 is 0. The molecule has 6 atom stereocenters. The molecule has 1 rings (SSSR count). The lowest BCUT2D eigenvalue weighted by atomic mass is 9.62. The molecule has 0 heterocycles. The minimum atomic E-state index is 0.835. The molecule has 1 saturated carbocycles. The van der Waals surface area contributed by atoms with E-state index in [1.807, 2.05) is 0 Å². The Morgan fingerprint density at radius 2 is 1.33 bits per heavy atom. The van der Waals surface area contributed by atoms with E-state index in [2.05, 4.69) is 48.5 Å². The van der Waals surface area contributed by atoms with Crippen LogP contribution in [0.5, 0.6) is 0 Å². The molecule has 21 heavy (non-hydrogen) atoms. The van der Waals surface area contributed by atoms with E-state index >= 15 is 0 Å². The maximum absolute atomic E-state index is 2.57. The van der Waals surface area contributed by atoms with Crippen LogP contribution in [0.3, 0.4) is 0 Å². The Hall–Kier alpha value is 0. The molecule has 0 amide bonds. The summed E-state index contributed by atoms with van der Waals surface area (Å²) in [6.45, 7) is 17.5. The third-order valence-electron chi connectivity index (χ3n) is 6.60. The van der Waals surface area contributed by atoms with Gasteiger partial charge >= 0.3 is 0 Å². The highest BCUT2D eigenvalue weighted by atomic mass is 14.4. The maximum atomic E-state index is 2.57. The molecule has 0 radical (unpaired) electrons. The van der Waals surface area contributed by atoms with Crippen molar-refractivity contribution in [3.63, 3.8) is 0 Å². The van der Waals surface area contributed by atoms with Gasteiger partial charge in [-0.2, -0.15) is 0 Å². The van der Waals surface area contributed by atoms with Crippen molar-refractivity contribution >= 4 is 0 Å². The monoisotopic (exact) mass is 294 g/mol. The van der Waals surface area contributed by atoms with Gasteiger partial charge in [-0.25, -0.2) is 0 Å². The maximum Gasteiger partial charge on any atom is -0.0327 e. The Balaban J connectivity index is 3.01. The van der Waals surface area contributed by atoms with Crippen molar-refractivity contribution in [2.45, 2.75) is 93.4 Å². The molecular weight excluding hydrogens is 252 g/mol. The molecule has 0 aromatic rings. The predicted octanol–water partition coefficient (Wildman–Crippen LogP) is 7.18. The van der Waals surface area contributed by atoms with Crippen LogP contribution in [0.2, 0.25) is 0 Å². The average Bonchev–Trinajstić information content (AvgIpc) is 2.48. The molecule has 0 spiro atoms. The second-order valence-corrected chi connectivity index (χ2v) is 8.62. The van der Waals surface area contributed by atoms with Crippen LogP contribution in [-0.4, -0.2) is 0 Å². The first-order chi connectivity index (χ1) is 9.90. The second-order valence-electron chi connectivity index (χ2n) is 8.62. The van der Waals surface area contributed by atoms with E-state index in [1.165, 1.54) is 44.9 Å². The molecule has 1 aliphatic rings. The minimum Gasteiger partial charge on any atom is -0.0654 e. The van der Waals surface area contributed by atoms with E-state index in [0.29, 0.717) is 0 Å². The summed E-state index contributed by atoms with van der Waals surface area (Å²) in [6.07, 6.45) is 10.1. The first-order valence-electron chi connectivity index (χ1n) is 9.90. The highest BCUT2D eigenvalue weighted by Gasteiger charge is 2.38. The second kappa shape index (κ2) is 9.21. The Labute approximate surface area is 135 Å². The van der Waals surface area contributed by atoms with Gasteiger partial charge in [-0.05, 0) is 41.4 Å². The van der Waals surface area contributed by atoms with Crippen LogP contribution in [0, 0.1) is 41.4 Å². The lowest BCUT2D eigenvalue weighted by Gasteiger charge is -2.43. The highest BCUT2D eigenvalue weighted by molar-refractivity contribution is 4.86. The zero-order valence-corrected chi connectivity index (χ0v) is 16.0. The zero-order chi connectivity index (χ0) is 16.0. The first kappa shape index (κ1) is 19.0. The van der Waals surface area contributed by atoms with E-state index in [-0.39, 0.29) is 0 Å². The normalized spacial score (nSPS) is 34.9. The Morgan fingerprint density at radius 3 is 1.81 bits per heavy atom. The number of rotatable bonds is 5. The molecular formula is C21H42. The zero-order valence-electron chi connectivity index (χ0n) is 16.0. The summed E-state index contributed by atoms with van der Waals surface area (Å²) in [4.78, 5) is 0. The summed E-state index contributed by atoms with van der Waals surface area (Å²) in [7, 11) is 0. The van der Waals surface area contributed by atoms with Crippen molar-refractivity contribution in [3.8, 4) is 0 Å². The fourth-order valence-corrected chi connectivity index (χ4v) is 5.32. The van der Waals surface area contributed by atoms with Gasteiger partial charge in [-0.15, -0.1) is 0 Å². The van der Waals surface area contributed by atoms with Crippen LogP contribution in [0.25, 0.3) is 0 Å². The van der Waals surface area contributed by atoms with Crippen molar-refractivity contribution in [1.82, 2.24) is 0 Å². The molecule has 0 saturated heterocycles. The first-order valence-corrected chi connectivity index (χ1v) is 9.90. The fourth-order valence-electron chi connectivity index (χ4n) is 5.32. The summed E-state index contributed by atoms with van der Waals surface area (Å²) in [5.41, 5.74) is 0. The van der Waals surface area contributed by atoms with Gasteiger partial charge in [-0.3, -0.25) is 0 Å². The summed E-state index contributed by atoms with van der Waals surface area (Å²) in [5, 5.41) is 0. The highest BCUT2D eigenvalue weighted by Crippen LogP contribution is 2.45. The average molecular weight is 295 g/mol. The molecule has 0 N–H and O–H groups in total. The van der Waals surface area contributed by atoms with Gasteiger partial charge in [0.2, 0.25) is 0 Å². The SMILES string of the molecule is CCCC(C)C(C)C1C(C)CCCCCC(C)C1C(C)C. The molecule has 0 aliphatic heterocycles. The third kappa shape index (κ3) is 5.29. The van der Waals surface area contributed by atoms with Crippen molar-refractivity contribution in [1.29, 1.82) is 0 Å². The molecule has 0 bridgehead atoms. The molecule has 126 valence electrons. The van der Waals surface area contributed by atoms with Gasteiger partial charge in [0, 0.05) is 0 Å². The van der Waals surface area contributed by atoms with E-state index in [9.17, 15) is 0 Å². The third-order valence-corrected chi connectivity index (χ3v) is 6.60. The van der Waals surface area contributed by atoms with E-state index in [4.69, 9.17) is 0 Å². The van der Waals surface area contributed by atoms with Crippen molar-refractivity contribution in [2.24, 2.45) is 41.4 Å². The summed E-state index contributed by atoms with van der Waals surface area (Å²) in [5.74, 6) is 6.28. The lowest BCUT2D eigenvalue weighted by Crippen LogP contribution is -2.37. The van der Waals surface area contributed by atoms with Crippen molar-refractivity contribution in [3.05, 3.63) is 0 Å². The van der Waals surface area contributed by atoms with Crippen molar-refractivity contribution < 1.29 is 0 Å². The number of hydrogen-bond acceptors (Lipinski definition) is 0. The molecule has 1 aliphatic carbocycles. The van der Waals surface area contributed by atoms with Gasteiger partial charge in [-0.1, -0.05) is 93.4 Å². The minimum absolute atomic E-state index is 0.835. The lowest BCUT2D eigenvalue weighted by molar-refractivity contribution is 0.0523. The quantitative estimate of drug-likeness (QED) is 0.503. The summed E-state index contributed by atoms with van der Waals surface area (Å²) >= 11 is 0. The molecule has 0 nitrogen and oxygen atoms in total. The van der Waals surface area contributed by atoms with E-state index in [1.54, 1.807) is 0 Å². The predicted molar refractivity (Wildman–Crippen MR) is 96.5 cm³/mol. The van der Waals surface area contributed by atoms with Gasteiger partial charge in [0.15, 0.2) is 0 Å². The van der Waals surface area contributed by atoms with E-state index < -0.39 is 0 Å². The molecule has 0 aromatic carbocycles. The molecule has 1 fully saturated rings. The van der Waals surface area contributed by atoms with Crippen LogP contribution in [0.4, 0.5) is 0 Å². The molecule has 0 aromatic heterocycles. The number of hydrogen-bond donors (Lipinski definition) is 0. The molecule has 6 unspecified atom stereocenters. The summed E-state index contributed by atoms with van der Waals surface area (Å²) in [6, 6.07) is 0. The van der Waals surface area contributed by atoms with Crippen LogP contribution >= 0.6 is 0 Å². The largest absolute Gasteiger partial charge is 0.0654 e. The smallest absolute Gasteiger partial charge is 0.0327 e. The fraction of sp³-hybridized carbons (Fsp3) is 1.00. The van der Waals surface area contributed by atoms with Gasteiger partial charge in [0.05, 0.1) is 0 Å². The Bertz CT molecular complexity index is 267. The molecule has 0 heteroatoms. The standard InChI is InChI=1S/C21H42/c1-8-12-16(4)19(7)21-18(6)14-11-9-10-13-17(5)20(21)15(2)3/h15-21H,8-14H2,1-7H3. The van der Waals surface area contributed by atoms with Gasteiger partial charge < -0.3 is 0 Å². The van der Waals surface area contributed by atoms with Gasteiger partial charge in [0.1, 0.15) is 0 Å². The van der Waals surface area contributed by atoms with Crippen LogP contribution in [-0.2, 0) is 0 Å². The van der Waals surface area contributed by atoms with Crippen molar-refractivity contribution in [2.75, 3.05) is 0 Å². The van der Waals surface area contributed by atoms with E-state index in [0.717, 1.165) is 41.4 Å². The topological polar surface area (TPSA) is 0 Å². The van der Waals surface area contributed by atoms with Crippen LogP contribution in [0.1, 0.15) is 93.4 Å². The Kier molecular flexibility index (Phi) is 8.35. The van der Waals surface area contributed by atoms with Crippen LogP contribution < -0.4 is 0 Å².